The fourth-order valence-electron chi connectivity index (χ4n) is 3.07. The van der Waals surface area contributed by atoms with Crippen molar-refractivity contribution in [1.29, 1.82) is 0 Å². The number of nitrogens with one attached hydrogen (secondary N) is 2. The van der Waals surface area contributed by atoms with Gasteiger partial charge in [-0.15, -0.1) is 0 Å². The third kappa shape index (κ3) is 8.52. The molecule has 0 saturated heterocycles. The Labute approximate surface area is 199 Å². The summed E-state index contributed by atoms with van der Waals surface area (Å²) < 4.78 is 11.5. The minimum atomic E-state index is -0.914. The van der Waals surface area contributed by atoms with E-state index in [9.17, 15) is 14.4 Å². The Bertz CT molecular complexity index is 1070. The number of hydrogen-bond acceptors (Lipinski definition) is 5. The van der Waals surface area contributed by atoms with Gasteiger partial charge in [0.1, 0.15) is 23.3 Å². The molecule has 3 aromatic rings. The average Bonchev–Trinajstić information content (AvgIpc) is 2.84. The van der Waals surface area contributed by atoms with Crippen LogP contribution in [0.15, 0.2) is 84.9 Å². The first-order valence-electron chi connectivity index (χ1n) is 11.0. The molecule has 0 bridgehead atoms. The van der Waals surface area contributed by atoms with Gasteiger partial charge in [0.15, 0.2) is 0 Å². The molecule has 1 atom stereocenters. The number of carbonyl (C=O) groups excluding carboxylic acids is 3. The largest absolute Gasteiger partial charge is 0.457 e. The molecule has 176 valence electrons. The molecule has 1 unspecified atom stereocenters. The van der Waals surface area contributed by atoms with Crippen molar-refractivity contribution in [3.05, 3.63) is 90.5 Å². The Morgan fingerprint density at radius 1 is 0.794 bits per heavy atom. The molecule has 2 N–H and O–H groups in total. The highest BCUT2D eigenvalue weighted by Gasteiger charge is 2.21. The second-order valence-corrected chi connectivity index (χ2v) is 7.75. The van der Waals surface area contributed by atoms with E-state index in [-0.39, 0.29) is 31.1 Å². The highest BCUT2D eigenvalue weighted by atomic mass is 16.5. The van der Waals surface area contributed by atoms with E-state index in [2.05, 4.69) is 10.6 Å². The quantitative estimate of drug-likeness (QED) is 0.415. The highest BCUT2D eigenvalue weighted by Crippen LogP contribution is 2.22. The number of Topliss-reactive ketones (excluding diaryl/α,β-unsaturated/α-hetero) is 1. The summed E-state index contributed by atoms with van der Waals surface area (Å²) in [5.41, 5.74) is 1.51. The molecular formula is C27H28N2O5. The van der Waals surface area contributed by atoms with E-state index in [0.717, 1.165) is 5.56 Å². The van der Waals surface area contributed by atoms with Gasteiger partial charge in [-0.3, -0.25) is 9.59 Å². The maximum absolute atomic E-state index is 12.9. The highest BCUT2D eigenvalue weighted by molar-refractivity contribution is 5.97. The fraction of sp³-hybridized carbons (Fsp3) is 0.222. The average molecular weight is 461 g/mol. The minimum absolute atomic E-state index is 0.0122. The van der Waals surface area contributed by atoms with Crippen LogP contribution in [0.1, 0.15) is 25.3 Å². The molecule has 0 spiro atoms. The number of rotatable bonds is 12. The van der Waals surface area contributed by atoms with Crippen molar-refractivity contribution in [3.8, 4) is 11.5 Å². The van der Waals surface area contributed by atoms with Crippen molar-refractivity contribution >= 4 is 23.3 Å². The van der Waals surface area contributed by atoms with Crippen LogP contribution in [0.5, 0.6) is 11.5 Å². The zero-order valence-electron chi connectivity index (χ0n) is 19.0. The Balaban J connectivity index is 1.59. The van der Waals surface area contributed by atoms with Crippen LogP contribution >= 0.6 is 0 Å². The second kappa shape index (κ2) is 12.9. The molecule has 7 nitrogen and oxygen atoms in total. The normalized spacial score (nSPS) is 11.3. The van der Waals surface area contributed by atoms with Crippen LogP contribution in [0.4, 0.5) is 5.69 Å². The van der Waals surface area contributed by atoms with Gasteiger partial charge in [0, 0.05) is 18.5 Å². The molecule has 3 rings (SSSR count). The standard InChI is InChI=1S/C27H28N2O5/c1-20(30)12-17-26(31)29-25(19-33-18-21-8-4-2-5-9-21)27(32)28-22-13-15-24(16-14-22)34-23-10-6-3-7-11-23/h2-11,13-16,25H,12,17-19H2,1H3,(H,28,32)(H,29,31). The van der Waals surface area contributed by atoms with E-state index in [4.69, 9.17) is 9.47 Å². The predicted octanol–water partition coefficient (Wildman–Crippen LogP) is 4.49. The zero-order valence-corrected chi connectivity index (χ0v) is 19.0. The van der Waals surface area contributed by atoms with Crippen LogP contribution in [0, 0.1) is 0 Å². The van der Waals surface area contributed by atoms with Crippen LogP contribution in [0.3, 0.4) is 0 Å². The molecule has 3 aromatic carbocycles. The summed E-state index contributed by atoms with van der Waals surface area (Å²) >= 11 is 0. The van der Waals surface area contributed by atoms with Crippen LogP contribution < -0.4 is 15.4 Å². The van der Waals surface area contributed by atoms with Crippen molar-refractivity contribution in [2.24, 2.45) is 0 Å². The summed E-state index contributed by atoms with van der Waals surface area (Å²) in [7, 11) is 0. The topological polar surface area (TPSA) is 93.7 Å². The number of ketones is 1. The zero-order chi connectivity index (χ0) is 24.2. The van der Waals surface area contributed by atoms with Gasteiger partial charge in [0.2, 0.25) is 11.8 Å². The van der Waals surface area contributed by atoms with Gasteiger partial charge in [-0.1, -0.05) is 48.5 Å². The Hall–Kier alpha value is -3.97. The molecule has 7 heteroatoms. The lowest BCUT2D eigenvalue weighted by Crippen LogP contribution is -2.46. The molecule has 2 amide bonds. The Kier molecular flexibility index (Phi) is 9.37. The lowest BCUT2D eigenvalue weighted by Gasteiger charge is -2.19. The van der Waals surface area contributed by atoms with Crippen LogP contribution in [-0.2, 0) is 25.7 Å². The first kappa shape index (κ1) is 24.7. The van der Waals surface area contributed by atoms with Crippen molar-refractivity contribution < 1.29 is 23.9 Å². The summed E-state index contributed by atoms with van der Waals surface area (Å²) in [6, 6.07) is 24.9. The number of para-hydroxylation sites is 1. The molecule has 0 saturated carbocycles. The van der Waals surface area contributed by atoms with E-state index in [1.165, 1.54) is 6.92 Å². The van der Waals surface area contributed by atoms with E-state index < -0.39 is 11.9 Å². The fourth-order valence-corrected chi connectivity index (χ4v) is 3.07. The number of hydrogen-bond donors (Lipinski definition) is 2. The van der Waals surface area contributed by atoms with Crippen LogP contribution in [-0.4, -0.2) is 30.2 Å². The van der Waals surface area contributed by atoms with Gasteiger partial charge in [-0.2, -0.15) is 0 Å². The van der Waals surface area contributed by atoms with Crippen molar-refractivity contribution in [1.82, 2.24) is 5.32 Å². The minimum Gasteiger partial charge on any atom is -0.457 e. The van der Waals surface area contributed by atoms with E-state index >= 15 is 0 Å². The monoisotopic (exact) mass is 460 g/mol. The smallest absolute Gasteiger partial charge is 0.249 e. The number of carbonyl (C=O) groups is 3. The second-order valence-electron chi connectivity index (χ2n) is 7.75. The SMILES string of the molecule is CC(=O)CCC(=O)NC(COCc1ccccc1)C(=O)Nc1ccc(Oc2ccccc2)cc1. The third-order valence-corrected chi connectivity index (χ3v) is 4.85. The molecule has 0 aromatic heterocycles. The van der Waals surface area contributed by atoms with Gasteiger partial charge in [-0.05, 0) is 48.9 Å². The molecule has 0 aliphatic carbocycles. The Morgan fingerprint density at radius 3 is 2.06 bits per heavy atom. The number of ether oxygens (including phenoxy) is 2. The lowest BCUT2D eigenvalue weighted by molar-refractivity contribution is -0.129. The molecule has 0 aliphatic heterocycles. The molecule has 0 aliphatic rings. The third-order valence-electron chi connectivity index (χ3n) is 4.85. The van der Waals surface area contributed by atoms with Crippen molar-refractivity contribution in [2.45, 2.75) is 32.4 Å². The van der Waals surface area contributed by atoms with Crippen LogP contribution in [0.25, 0.3) is 0 Å². The van der Waals surface area contributed by atoms with E-state index in [0.29, 0.717) is 23.8 Å². The van der Waals surface area contributed by atoms with Crippen molar-refractivity contribution in [2.75, 3.05) is 11.9 Å². The first-order valence-corrected chi connectivity index (χ1v) is 11.0. The molecule has 0 radical (unpaired) electrons. The Morgan fingerprint density at radius 2 is 1.41 bits per heavy atom. The molecular weight excluding hydrogens is 432 g/mol. The predicted molar refractivity (Wildman–Crippen MR) is 130 cm³/mol. The summed E-state index contributed by atoms with van der Waals surface area (Å²) in [6.45, 7) is 1.72. The van der Waals surface area contributed by atoms with Gasteiger partial charge in [0.05, 0.1) is 13.2 Å². The molecule has 0 fully saturated rings. The van der Waals surface area contributed by atoms with Gasteiger partial charge >= 0.3 is 0 Å². The van der Waals surface area contributed by atoms with Gasteiger partial charge < -0.3 is 24.9 Å². The maximum Gasteiger partial charge on any atom is 0.249 e. The summed E-state index contributed by atoms with van der Waals surface area (Å²) in [5.74, 6) is 0.452. The number of amides is 2. The summed E-state index contributed by atoms with van der Waals surface area (Å²) in [6.07, 6.45) is 0.136. The number of benzene rings is 3. The summed E-state index contributed by atoms with van der Waals surface area (Å²) in [4.78, 5) is 36.3. The molecule has 0 heterocycles. The lowest BCUT2D eigenvalue weighted by atomic mass is 10.2. The van der Waals surface area contributed by atoms with Crippen LogP contribution in [0.2, 0.25) is 0 Å². The first-order chi connectivity index (χ1) is 16.5. The van der Waals surface area contributed by atoms with Gasteiger partial charge in [-0.25, -0.2) is 0 Å². The van der Waals surface area contributed by atoms with E-state index in [1.807, 2.05) is 60.7 Å². The van der Waals surface area contributed by atoms with Gasteiger partial charge in [0.25, 0.3) is 0 Å². The summed E-state index contributed by atoms with van der Waals surface area (Å²) in [5, 5.41) is 5.47. The van der Waals surface area contributed by atoms with Crippen molar-refractivity contribution in [3.63, 3.8) is 0 Å². The molecule has 34 heavy (non-hydrogen) atoms. The maximum atomic E-state index is 12.9. The van der Waals surface area contributed by atoms with E-state index in [1.54, 1.807) is 24.3 Å². The number of anilines is 1.